The van der Waals surface area contributed by atoms with Crippen molar-refractivity contribution in [2.45, 2.75) is 13.0 Å². The van der Waals surface area contributed by atoms with Gasteiger partial charge in [-0.15, -0.1) is 0 Å². The SMILES string of the molecule is CC(OS(C)(=O)=O)c1cc(F)cc(F)c1F. The highest BCUT2D eigenvalue weighted by Gasteiger charge is 2.20. The van der Waals surface area contributed by atoms with Gasteiger partial charge in [0.05, 0.1) is 6.26 Å². The molecule has 1 rings (SSSR count). The minimum absolute atomic E-state index is 0.367. The van der Waals surface area contributed by atoms with Gasteiger partial charge in [0.15, 0.2) is 11.6 Å². The third kappa shape index (κ3) is 3.21. The lowest BCUT2D eigenvalue weighted by Gasteiger charge is -2.12. The second-order valence-electron chi connectivity index (χ2n) is 3.23. The van der Waals surface area contributed by atoms with E-state index in [1.165, 1.54) is 6.92 Å². The predicted octanol–water partition coefficient (Wildman–Crippen LogP) is 2.14. The Morgan fingerprint density at radius 1 is 1.25 bits per heavy atom. The van der Waals surface area contributed by atoms with Gasteiger partial charge in [-0.2, -0.15) is 8.42 Å². The average molecular weight is 254 g/mol. The summed E-state index contributed by atoms with van der Waals surface area (Å²) in [5.41, 5.74) is -0.483. The summed E-state index contributed by atoms with van der Waals surface area (Å²) in [4.78, 5) is 0. The second-order valence-corrected chi connectivity index (χ2v) is 4.83. The number of hydrogen-bond donors (Lipinski definition) is 0. The first-order valence-corrected chi connectivity index (χ1v) is 6.05. The smallest absolute Gasteiger partial charge is 0.262 e. The summed E-state index contributed by atoms with van der Waals surface area (Å²) in [5, 5.41) is 0. The van der Waals surface area contributed by atoms with Crippen LogP contribution in [0.15, 0.2) is 12.1 Å². The molecule has 0 heterocycles. The molecule has 0 fully saturated rings. The van der Waals surface area contributed by atoms with Crippen molar-refractivity contribution >= 4 is 10.1 Å². The zero-order chi connectivity index (χ0) is 12.5. The summed E-state index contributed by atoms with van der Waals surface area (Å²) in [6.45, 7) is 1.18. The van der Waals surface area contributed by atoms with Crippen LogP contribution in [0, 0.1) is 17.5 Å². The van der Waals surface area contributed by atoms with E-state index in [9.17, 15) is 21.6 Å². The number of benzene rings is 1. The maximum atomic E-state index is 13.2. The Balaban J connectivity index is 3.13. The largest absolute Gasteiger partial charge is 0.264 e. The van der Waals surface area contributed by atoms with Crippen LogP contribution < -0.4 is 0 Å². The molecule has 3 nitrogen and oxygen atoms in total. The molecule has 0 aliphatic heterocycles. The van der Waals surface area contributed by atoms with Gasteiger partial charge in [-0.05, 0) is 13.0 Å². The van der Waals surface area contributed by atoms with Crippen LogP contribution in [-0.4, -0.2) is 14.7 Å². The lowest BCUT2D eigenvalue weighted by molar-refractivity contribution is 0.228. The van der Waals surface area contributed by atoms with Crippen molar-refractivity contribution in [2.75, 3.05) is 6.26 Å². The predicted molar refractivity (Wildman–Crippen MR) is 50.7 cm³/mol. The topological polar surface area (TPSA) is 43.4 Å². The fourth-order valence-corrected chi connectivity index (χ4v) is 1.81. The molecule has 0 radical (unpaired) electrons. The molecule has 0 aromatic heterocycles. The summed E-state index contributed by atoms with van der Waals surface area (Å²) in [6, 6.07) is 1.06. The lowest BCUT2D eigenvalue weighted by Crippen LogP contribution is -2.10. The molecule has 90 valence electrons. The summed E-state index contributed by atoms with van der Waals surface area (Å²) >= 11 is 0. The molecular formula is C9H9F3O3S. The van der Waals surface area contributed by atoms with Gasteiger partial charge in [-0.3, -0.25) is 4.18 Å². The van der Waals surface area contributed by atoms with Crippen LogP contribution in [-0.2, 0) is 14.3 Å². The Kier molecular flexibility index (Phi) is 3.59. The van der Waals surface area contributed by atoms with Crippen molar-refractivity contribution in [1.29, 1.82) is 0 Å². The van der Waals surface area contributed by atoms with Gasteiger partial charge in [0.2, 0.25) is 0 Å². The first-order valence-electron chi connectivity index (χ1n) is 4.23. The summed E-state index contributed by atoms with van der Waals surface area (Å²) in [7, 11) is -3.83. The van der Waals surface area contributed by atoms with E-state index in [0.717, 1.165) is 6.26 Å². The Morgan fingerprint density at radius 3 is 2.31 bits per heavy atom. The van der Waals surface area contributed by atoms with Crippen molar-refractivity contribution in [3.8, 4) is 0 Å². The second kappa shape index (κ2) is 4.42. The van der Waals surface area contributed by atoms with E-state index in [0.29, 0.717) is 12.1 Å². The average Bonchev–Trinajstić information content (AvgIpc) is 2.08. The van der Waals surface area contributed by atoms with E-state index in [1.807, 2.05) is 0 Å². The molecule has 0 saturated heterocycles. The third-order valence-corrected chi connectivity index (χ3v) is 2.42. The molecule has 0 bridgehead atoms. The van der Waals surface area contributed by atoms with Crippen molar-refractivity contribution in [3.05, 3.63) is 35.1 Å². The van der Waals surface area contributed by atoms with Gasteiger partial charge in [0.25, 0.3) is 10.1 Å². The molecule has 1 aromatic carbocycles. The monoisotopic (exact) mass is 254 g/mol. The van der Waals surface area contributed by atoms with E-state index in [2.05, 4.69) is 4.18 Å². The standard InChI is InChI=1S/C9H9F3O3S/c1-5(15-16(2,13)14)7-3-6(10)4-8(11)9(7)12/h3-5H,1-2H3. The third-order valence-electron chi connectivity index (χ3n) is 1.78. The first-order chi connectivity index (χ1) is 7.20. The zero-order valence-electron chi connectivity index (χ0n) is 8.50. The van der Waals surface area contributed by atoms with Crippen LogP contribution in [0.4, 0.5) is 13.2 Å². The zero-order valence-corrected chi connectivity index (χ0v) is 9.32. The first kappa shape index (κ1) is 13.0. The van der Waals surface area contributed by atoms with E-state index in [-0.39, 0.29) is 0 Å². The van der Waals surface area contributed by atoms with Crippen LogP contribution in [0.1, 0.15) is 18.6 Å². The quantitative estimate of drug-likeness (QED) is 0.613. The fraction of sp³-hybridized carbons (Fsp3) is 0.333. The molecule has 0 spiro atoms. The van der Waals surface area contributed by atoms with Crippen LogP contribution in [0.5, 0.6) is 0 Å². The molecule has 1 atom stereocenters. The Hall–Kier alpha value is -1.08. The van der Waals surface area contributed by atoms with Crippen molar-refractivity contribution in [1.82, 2.24) is 0 Å². The van der Waals surface area contributed by atoms with Gasteiger partial charge in [0, 0.05) is 11.6 Å². The summed E-state index contributed by atoms with van der Waals surface area (Å²) in [6.07, 6.45) is -0.531. The molecule has 7 heteroatoms. The highest BCUT2D eigenvalue weighted by molar-refractivity contribution is 7.86. The van der Waals surface area contributed by atoms with E-state index >= 15 is 0 Å². The highest BCUT2D eigenvalue weighted by Crippen LogP contribution is 2.24. The van der Waals surface area contributed by atoms with Crippen LogP contribution >= 0.6 is 0 Å². The van der Waals surface area contributed by atoms with Crippen molar-refractivity contribution in [3.63, 3.8) is 0 Å². The molecular weight excluding hydrogens is 245 g/mol. The minimum Gasteiger partial charge on any atom is -0.262 e. The number of rotatable bonds is 3. The van der Waals surface area contributed by atoms with E-state index in [1.54, 1.807) is 0 Å². The molecule has 0 saturated carbocycles. The highest BCUT2D eigenvalue weighted by atomic mass is 32.2. The maximum Gasteiger partial charge on any atom is 0.264 e. The van der Waals surface area contributed by atoms with Crippen LogP contribution in [0.3, 0.4) is 0 Å². The minimum atomic E-state index is -3.83. The van der Waals surface area contributed by atoms with E-state index in [4.69, 9.17) is 0 Å². The van der Waals surface area contributed by atoms with Gasteiger partial charge in [0.1, 0.15) is 11.9 Å². The van der Waals surface area contributed by atoms with Gasteiger partial charge >= 0.3 is 0 Å². The number of halogens is 3. The molecule has 16 heavy (non-hydrogen) atoms. The molecule has 0 aliphatic rings. The molecule has 1 aromatic rings. The lowest BCUT2D eigenvalue weighted by atomic mass is 10.1. The van der Waals surface area contributed by atoms with Crippen LogP contribution in [0.25, 0.3) is 0 Å². The molecule has 1 unspecified atom stereocenters. The van der Waals surface area contributed by atoms with Gasteiger partial charge in [-0.25, -0.2) is 13.2 Å². The van der Waals surface area contributed by atoms with Crippen molar-refractivity contribution < 1.29 is 25.8 Å². The Labute approximate surface area is 91.0 Å². The van der Waals surface area contributed by atoms with E-state index < -0.39 is 39.2 Å². The van der Waals surface area contributed by atoms with Crippen molar-refractivity contribution in [2.24, 2.45) is 0 Å². The normalized spacial score (nSPS) is 13.8. The molecule has 0 aliphatic carbocycles. The summed E-state index contributed by atoms with van der Waals surface area (Å²) in [5.74, 6) is -3.71. The Morgan fingerprint density at radius 2 is 1.81 bits per heavy atom. The Bertz CT molecular complexity index is 499. The number of hydrogen-bond acceptors (Lipinski definition) is 3. The van der Waals surface area contributed by atoms with Gasteiger partial charge < -0.3 is 0 Å². The molecule has 0 amide bonds. The van der Waals surface area contributed by atoms with Gasteiger partial charge in [-0.1, -0.05) is 0 Å². The molecule has 0 N–H and O–H groups in total. The fourth-order valence-electron chi connectivity index (χ4n) is 1.19. The maximum absolute atomic E-state index is 13.2. The summed E-state index contributed by atoms with van der Waals surface area (Å²) < 4.78 is 64.7. The van der Waals surface area contributed by atoms with Crippen LogP contribution in [0.2, 0.25) is 0 Å².